The van der Waals surface area contributed by atoms with Gasteiger partial charge in [-0.1, -0.05) is 52.6 Å². The molecule has 0 aliphatic carbocycles. The molecule has 0 fully saturated rings. The number of rotatable bonds is 9. The fourth-order valence-corrected chi connectivity index (χ4v) is 4.62. The highest BCUT2D eigenvalue weighted by Crippen LogP contribution is 2.27. The number of thioether (sulfide) groups is 1. The molecule has 1 atom stereocenters. The second-order valence-electron chi connectivity index (χ2n) is 7.03. The highest BCUT2D eigenvalue weighted by atomic mass is 79.9. The summed E-state index contributed by atoms with van der Waals surface area (Å²) >= 11 is 22.7. The average molecular weight is 604 g/mol. The number of carbonyl (C=O) groups is 2. The van der Waals surface area contributed by atoms with Gasteiger partial charge in [0.2, 0.25) is 5.91 Å². The lowest BCUT2D eigenvalue weighted by molar-refractivity contribution is -0.113. The van der Waals surface area contributed by atoms with Gasteiger partial charge < -0.3 is 15.2 Å². The zero-order valence-electron chi connectivity index (χ0n) is 17.8. The van der Waals surface area contributed by atoms with Crippen LogP contribution in [-0.2, 0) is 11.3 Å². The van der Waals surface area contributed by atoms with Crippen molar-refractivity contribution in [3.8, 4) is 0 Å². The molecule has 3 rings (SSSR count). The molecule has 12 heteroatoms. The number of amides is 2. The van der Waals surface area contributed by atoms with Crippen molar-refractivity contribution in [3.63, 3.8) is 0 Å². The van der Waals surface area contributed by atoms with E-state index in [2.05, 4.69) is 43.3 Å². The molecule has 2 amide bonds. The maximum atomic E-state index is 12.7. The first-order chi connectivity index (χ1) is 16.2. The zero-order valence-corrected chi connectivity index (χ0v) is 22.5. The van der Waals surface area contributed by atoms with Gasteiger partial charge in [-0.3, -0.25) is 9.59 Å². The third kappa shape index (κ3) is 6.76. The van der Waals surface area contributed by atoms with Gasteiger partial charge in [0.25, 0.3) is 5.91 Å². The van der Waals surface area contributed by atoms with Crippen molar-refractivity contribution in [3.05, 3.63) is 80.0 Å². The van der Waals surface area contributed by atoms with E-state index in [1.54, 1.807) is 47.9 Å². The Morgan fingerprint density at radius 1 is 1.18 bits per heavy atom. The molecule has 0 radical (unpaired) electrons. The molecule has 2 aromatic carbocycles. The lowest BCUT2D eigenvalue weighted by atomic mass is 10.2. The fraction of sp³-hybridized carbons (Fsp3) is 0.182. The highest BCUT2D eigenvalue weighted by molar-refractivity contribution is 9.10. The number of benzene rings is 2. The van der Waals surface area contributed by atoms with Crippen LogP contribution in [0.2, 0.25) is 15.1 Å². The molecule has 0 spiro atoms. The van der Waals surface area contributed by atoms with Gasteiger partial charge in [0.05, 0.1) is 27.4 Å². The van der Waals surface area contributed by atoms with Crippen LogP contribution in [0.1, 0.15) is 29.1 Å². The van der Waals surface area contributed by atoms with Gasteiger partial charge in [-0.05, 0) is 59.3 Å². The van der Waals surface area contributed by atoms with E-state index in [-0.39, 0.29) is 22.6 Å². The van der Waals surface area contributed by atoms with Gasteiger partial charge in [-0.15, -0.1) is 16.8 Å². The van der Waals surface area contributed by atoms with Crippen molar-refractivity contribution in [1.82, 2.24) is 20.1 Å². The molecule has 178 valence electrons. The Bertz CT molecular complexity index is 1240. The molecule has 1 aromatic heterocycles. The molecule has 3 aromatic rings. The van der Waals surface area contributed by atoms with E-state index >= 15 is 0 Å². The first-order valence-electron chi connectivity index (χ1n) is 9.87. The van der Waals surface area contributed by atoms with Crippen LogP contribution in [0, 0.1) is 0 Å². The molecule has 0 bridgehead atoms. The Hall–Kier alpha value is -2.04. The first kappa shape index (κ1) is 26.6. The molecule has 0 saturated carbocycles. The molecule has 34 heavy (non-hydrogen) atoms. The lowest BCUT2D eigenvalue weighted by Crippen LogP contribution is -2.29. The maximum Gasteiger partial charge on any atom is 0.253 e. The summed E-state index contributed by atoms with van der Waals surface area (Å²) in [4.78, 5) is 25.1. The van der Waals surface area contributed by atoms with E-state index in [1.807, 2.05) is 0 Å². The summed E-state index contributed by atoms with van der Waals surface area (Å²) in [5.41, 5.74) is 0.885. The van der Waals surface area contributed by atoms with Gasteiger partial charge in [-0.25, -0.2) is 0 Å². The van der Waals surface area contributed by atoms with E-state index in [0.717, 1.165) is 4.47 Å². The fourth-order valence-electron chi connectivity index (χ4n) is 2.94. The smallest absolute Gasteiger partial charge is 0.253 e. The minimum atomic E-state index is -0.486. The van der Waals surface area contributed by atoms with Gasteiger partial charge in [0.15, 0.2) is 11.0 Å². The largest absolute Gasteiger partial charge is 0.342 e. The SMILES string of the molecule is C=CCn1c(SCC(=O)Nc2ccc(Br)c(Cl)c2)nnc1[C@@H](C)NC(=O)c1ccc(Cl)cc1Cl. The minimum absolute atomic E-state index is 0.101. The van der Waals surface area contributed by atoms with Crippen LogP contribution in [0.4, 0.5) is 5.69 Å². The molecule has 0 saturated heterocycles. The molecular weight excluding hydrogens is 585 g/mol. The van der Waals surface area contributed by atoms with Crippen LogP contribution >= 0.6 is 62.5 Å². The quantitative estimate of drug-likeness (QED) is 0.218. The Labute approximate surface area is 224 Å². The highest BCUT2D eigenvalue weighted by Gasteiger charge is 2.21. The topological polar surface area (TPSA) is 88.9 Å². The monoisotopic (exact) mass is 601 g/mol. The van der Waals surface area contributed by atoms with E-state index in [1.165, 1.54) is 17.8 Å². The van der Waals surface area contributed by atoms with Gasteiger partial charge in [0.1, 0.15) is 0 Å². The first-order valence-corrected chi connectivity index (χ1v) is 12.8. The van der Waals surface area contributed by atoms with Crippen LogP contribution in [0.15, 0.2) is 58.7 Å². The van der Waals surface area contributed by atoms with Crippen molar-refractivity contribution in [2.24, 2.45) is 0 Å². The number of nitrogens with zero attached hydrogens (tertiary/aromatic N) is 3. The second-order valence-corrected chi connectivity index (χ2v) is 10.1. The Balaban J connectivity index is 1.68. The molecule has 0 aliphatic rings. The Morgan fingerprint density at radius 3 is 2.62 bits per heavy atom. The van der Waals surface area contributed by atoms with Gasteiger partial charge in [0, 0.05) is 21.7 Å². The number of anilines is 1. The van der Waals surface area contributed by atoms with Crippen molar-refractivity contribution >= 4 is 80.0 Å². The van der Waals surface area contributed by atoms with Crippen molar-refractivity contribution in [2.75, 3.05) is 11.1 Å². The number of aromatic nitrogens is 3. The summed E-state index contributed by atoms with van der Waals surface area (Å²) < 4.78 is 2.53. The van der Waals surface area contributed by atoms with E-state index in [0.29, 0.717) is 38.8 Å². The lowest BCUT2D eigenvalue weighted by Gasteiger charge is -2.16. The molecule has 0 unspecified atom stereocenters. The number of hydrogen-bond acceptors (Lipinski definition) is 5. The zero-order chi connectivity index (χ0) is 24.8. The predicted molar refractivity (Wildman–Crippen MR) is 141 cm³/mol. The van der Waals surface area contributed by atoms with E-state index in [4.69, 9.17) is 34.8 Å². The number of carbonyl (C=O) groups excluding carboxylic acids is 2. The van der Waals surface area contributed by atoms with E-state index in [9.17, 15) is 9.59 Å². The normalized spacial score (nSPS) is 11.7. The summed E-state index contributed by atoms with van der Waals surface area (Å²) in [5.74, 6) is 0.0196. The van der Waals surface area contributed by atoms with Crippen LogP contribution in [0.5, 0.6) is 0 Å². The molecule has 7 nitrogen and oxygen atoms in total. The summed E-state index contributed by atoms with van der Waals surface area (Å²) in [5, 5.41) is 15.8. The minimum Gasteiger partial charge on any atom is -0.342 e. The second kappa shape index (κ2) is 12.1. The van der Waals surface area contributed by atoms with Crippen LogP contribution < -0.4 is 10.6 Å². The van der Waals surface area contributed by atoms with Crippen LogP contribution in [0.3, 0.4) is 0 Å². The van der Waals surface area contributed by atoms with Crippen molar-refractivity contribution in [2.45, 2.75) is 24.7 Å². The molecule has 0 aliphatic heterocycles. The van der Waals surface area contributed by atoms with Gasteiger partial charge in [-0.2, -0.15) is 0 Å². The molecular formula is C22H19BrCl3N5O2S. The van der Waals surface area contributed by atoms with Crippen molar-refractivity contribution in [1.29, 1.82) is 0 Å². The standard InChI is InChI=1S/C22H19BrCl3N5O2S/c1-3-8-31-20(12(2)27-21(33)15-6-4-13(24)9-17(15)25)29-30-22(31)34-11-19(32)28-14-5-7-16(23)18(26)10-14/h3-7,9-10,12H,1,8,11H2,2H3,(H,27,33)(H,28,32)/t12-/m1/s1. The summed E-state index contributed by atoms with van der Waals surface area (Å²) in [6, 6.07) is 9.32. The maximum absolute atomic E-state index is 12.7. The number of allylic oxidation sites excluding steroid dienone is 1. The Kier molecular flexibility index (Phi) is 9.44. The summed E-state index contributed by atoms with van der Waals surface area (Å²) in [6.07, 6.45) is 1.69. The number of nitrogens with one attached hydrogen (secondary N) is 2. The number of hydrogen-bond donors (Lipinski definition) is 2. The number of halogens is 4. The van der Waals surface area contributed by atoms with Crippen molar-refractivity contribution < 1.29 is 9.59 Å². The summed E-state index contributed by atoms with van der Waals surface area (Å²) in [7, 11) is 0. The van der Waals surface area contributed by atoms with Crippen LogP contribution in [-0.4, -0.2) is 32.3 Å². The Morgan fingerprint density at radius 2 is 1.94 bits per heavy atom. The third-order valence-electron chi connectivity index (χ3n) is 4.50. The summed E-state index contributed by atoms with van der Waals surface area (Å²) in [6.45, 7) is 5.95. The van der Waals surface area contributed by atoms with E-state index < -0.39 is 6.04 Å². The molecule has 1 heterocycles. The average Bonchev–Trinajstić information content (AvgIpc) is 3.17. The van der Waals surface area contributed by atoms with Gasteiger partial charge >= 0.3 is 0 Å². The predicted octanol–water partition coefficient (Wildman–Crippen LogP) is 6.41. The van der Waals surface area contributed by atoms with Crippen LogP contribution in [0.25, 0.3) is 0 Å². The third-order valence-corrected chi connectivity index (χ3v) is 7.25. The molecule has 2 N–H and O–H groups in total.